The van der Waals surface area contributed by atoms with Crippen molar-refractivity contribution in [1.82, 2.24) is 4.90 Å². The molecule has 1 atom stereocenters. The molecule has 0 aliphatic heterocycles. The quantitative estimate of drug-likeness (QED) is 0.451. The summed E-state index contributed by atoms with van der Waals surface area (Å²) < 4.78 is 10.7. The lowest BCUT2D eigenvalue weighted by Crippen LogP contribution is -2.47. The fraction of sp³-hybridized carbons (Fsp3) is 0.929. The third kappa shape index (κ3) is 9.55. The number of alkyl halides is 1. The van der Waals surface area contributed by atoms with Crippen molar-refractivity contribution < 1.29 is 19.4 Å². The second-order valence-electron chi connectivity index (χ2n) is 6.63. The molecule has 0 saturated heterocycles. The van der Waals surface area contributed by atoms with Crippen molar-refractivity contribution in [3.63, 3.8) is 0 Å². The predicted molar refractivity (Wildman–Crippen MR) is 82.8 cm³/mol. The molecule has 0 saturated carbocycles. The number of hydrogen-bond acceptors (Lipinski definition) is 4. The van der Waals surface area contributed by atoms with Crippen molar-refractivity contribution in [2.75, 3.05) is 11.9 Å². The first-order valence-corrected chi connectivity index (χ1v) is 8.00. The van der Waals surface area contributed by atoms with Crippen LogP contribution in [0.3, 0.4) is 0 Å². The van der Waals surface area contributed by atoms with Gasteiger partial charge in [-0.2, -0.15) is 0 Å². The highest BCUT2D eigenvalue weighted by atomic mass is 79.9. The lowest BCUT2D eigenvalue weighted by atomic mass is 10.2. The largest absolute Gasteiger partial charge is 0.444 e. The molecule has 0 aromatic rings. The van der Waals surface area contributed by atoms with Crippen LogP contribution in [0.15, 0.2) is 0 Å². The van der Waals surface area contributed by atoms with Gasteiger partial charge in [0.15, 0.2) is 0 Å². The Balaban J connectivity index is 4.74. The summed E-state index contributed by atoms with van der Waals surface area (Å²) in [6.07, 6.45) is -0.208. The van der Waals surface area contributed by atoms with Gasteiger partial charge in [0.2, 0.25) is 6.41 Å². The first-order valence-electron chi connectivity index (χ1n) is 6.88. The molecule has 6 heteroatoms. The molecule has 0 aliphatic carbocycles. The maximum absolute atomic E-state index is 12.1. The number of halogens is 1. The van der Waals surface area contributed by atoms with Crippen LogP contribution in [0.2, 0.25) is 0 Å². The minimum Gasteiger partial charge on any atom is -0.444 e. The lowest BCUT2D eigenvalue weighted by molar-refractivity contribution is -0.230. The molecule has 0 spiro atoms. The number of hydrogen-bond donors (Lipinski definition) is 1. The maximum Gasteiger partial charge on any atom is 0.414 e. The first kappa shape index (κ1) is 19.7. The number of ether oxygens (including phenoxy) is 2. The number of amides is 1. The Hall–Kier alpha value is -0.330. The number of nitrogens with zero attached hydrogens (tertiary/aromatic N) is 1. The minimum absolute atomic E-state index is 0.387. The molecule has 20 heavy (non-hydrogen) atoms. The number of rotatable bonds is 6. The van der Waals surface area contributed by atoms with E-state index in [-0.39, 0.29) is 0 Å². The summed E-state index contributed by atoms with van der Waals surface area (Å²) in [4.78, 5) is 13.4. The van der Waals surface area contributed by atoms with E-state index in [0.29, 0.717) is 6.54 Å². The van der Waals surface area contributed by atoms with Gasteiger partial charge in [0.25, 0.3) is 0 Å². The Kier molecular flexibility index (Phi) is 8.06. The Morgan fingerprint density at radius 1 is 1.15 bits per heavy atom. The number of carbonyl (C=O) groups is 1. The molecule has 0 aromatic carbocycles. The molecule has 1 unspecified atom stereocenters. The zero-order valence-corrected chi connectivity index (χ0v) is 15.0. The van der Waals surface area contributed by atoms with Gasteiger partial charge in [-0.05, 0) is 54.4 Å². The highest BCUT2D eigenvalue weighted by Crippen LogP contribution is 2.17. The topological polar surface area (TPSA) is 59.0 Å². The van der Waals surface area contributed by atoms with Gasteiger partial charge in [0, 0.05) is 11.9 Å². The van der Waals surface area contributed by atoms with Gasteiger partial charge in [-0.3, -0.25) is 4.90 Å². The van der Waals surface area contributed by atoms with Gasteiger partial charge >= 0.3 is 6.09 Å². The highest BCUT2D eigenvalue weighted by molar-refractivity contribution is 9.09. The summed E-state index contributed by atoms with van der Waals surface area (Å²) >= 11 is 3.34. The molecule has 0 rings (SSSR count). The van der Waals surface area contributed by atoms with Crippen LogP contribution in [-0.4, -0.2) is 45.6 Å². The van der Waals surface area contributed by atoms with E-state index in [4.69, 9.17) is 9.47 Å². The molecule has 5 nitrogen and oxygen atoms in total. The monoisotopic (exact) mass is 353 g/mol. The summed E-state index contributed by atoms with van der Waals surface area (Å²) in [5.41, 5.74) is -1.15. The Labute approximate surface area is 130 Å². The third-order valence-electron chi connectivity index (χ3n) is 2.14. The Morgan fingerprint density at radius 3 is 2.10 bits per heavy atom. The standard InChI is InChI=1S/C14H28BrNO4/c1-13(2,3)19-11(17)16(10-8-7-9-15)12(18)20-14(4,5)6/h11,17H,7-10H2,1-6H3. The van der Waals surface area contributed by atoms with Crippen molar-refractivity contribution in [2.45, 2.75) is 72.0 Å². The van der Waals surface area contributed by atoms with Crippen LogP contribution in [0.4, 0.5) is 4.79 Å². The molecule has 0 fully saturated rings. The summed E-state index contributed by atoms with van der Waals surface area (Å²) in [6.45, 7) is 11.2. The minimum atomic E-state index is -1.31. The highest BCUT2D eigenvalue weighted by Gasteiger charge is 2.30. The number of unbranched alkanes of at least 4 members (excludes halogenated alkanes) is 1. The molecule has 1 N–H and O–H groups in total. The van der Waals surface area contributed by atoms with Gasteiger partial charge in [0.05, 0.1) is 5.60 Å². The van der Waals surface area contributed by atoms with E-state index in [1.54, 1.807) is 20.8 Å². The lowest BCUT2D eigenvalue weighted by Gasteiger charge is -2.33. The van der Waals surface area contributed by atoms with Crippen LogP contribution in [0.5, 0.6) is 0 Å². The molecule has 0 bridgehead atoms. The average molecular weight is 354 g/mol. The number of aliphatic hydroxyl groups excluding tert-OH is 1. The fourth-order valence-corrected chi connectivity index (χ4v) is 1.77. The normalized spacial score (nSPS) is 14.0. The second-order valence-corrected chi connectivity index (χ2v) is 7.42. The molecular formula is C14H28BrNO4. The zero-order chi connectivity index (χ0) is 16.0. The van der Waals surface area contributed by atoms with E-state index in [2.05, 4.69) is 15.9 Å². The summed E-state index contributed by atoms with van der Waals surface area (Å²) in [5.74, 6) is 0. The summed E-state index contributed by atoms with van der Waals surface area (Å²) in [5, 5.41) is 11.0. The number of aliphatic hydroxyl groups is 1. The molecule has 0 aromatic heterocycles. The van der Waals surface area contributed by atoms with Gasteiger partial charge < -0.3 is 14.6 Å². The third-order valence-corrected chi connectivity index (χ3v) is 2.70. The van der Waals surface area contributed by atoms with Crippen LogP contribution in [0.25, 0.3) is 0 Å². The van der Waals surface area contributed by atoms with Crippen LogP contribution in [-0.2, 0) is 9.47 Å². The van der Waals surface area contributed by atoms with Gasteiger partial charge in [0.1, 0.15) is 5.60 Å². The van der Waals surface area contributed by atoms with Crippen molar-refractivity contribution in [3.05, 3.63) is 0 Å². The van der Waals surface area contributed by atoms with Gasteiger partial charge in [-0.15, -0.1) is 0 Å². The van der Waals surface area contributed by atoms with Crippen LogP contribution < -0.4 is 0 Å². The second kappa shape index (κ2) is 8.20. The van der Waals surface area contributed by atoms with E-state index in [9.17, 15) is 9.90 Å². The van der Waals surface area contributed by atoms with Gasteiger partial charge in [-0.25, -0.2) is 4.79 Å². The Bertz CT molecular complexity index is 297. The first-order chi connectivity index (χ1) is 8.96. The average Bonchev–Trinajstić information content (AvgIpc) is 2.18. The van der Waals surface area contributed by atoms with Crippen LogP contribution in [0.1, 0.15) is 54.4 Å². The van der Waals surface area contributed by atoms with Crippen LogP contribution >= 0.6 is 15.9 Å². The molecule has 1 amide bonds. The van der Waals surface area contributed by atoms with Crippen molar-refractivity contribution in [3.8, 4) is 0 Å². The van der Waals surface area contributed by atoms with E-state index in [1.807, 2.05) is 20.8 Å². The maximum atomic E-state index is 12.1. The predicted octanol–water partition coefficient (Wildman–Crippen LogP) is 3.49. The molecular weight excluding hydrogens is 326 g/mol. The van der Waals surface area contributed by atoms with E-state index in [1.165, 1.54) is 4.90 Å². The van der Waals surface area contributed by atoms with E-state index < -0.39 is 23.7 Å². The van der Waals surface area contributed by atoms with Crippen molar-refractivity contribution in [2.24, 2.45) is 0 Å². The van der Waals surface area contributed by atoms with Crippen molar-refractivity contribution >= 4 is 22.0 Å². The van der Waals surface area contributed by atoms with Crippen LogP contribution in [0, 0.1) is 0 Å². The SMILES string of the molecule is CC(C)(C)OC(=O)N(CCCCBr)C(O)OC(C)(C)C. The number of carbonyl (C=O) groups excluding carboxylic acids is 1. The summed E-state index contributed by atoms with van der Waals surface area (Å²) in [6, 6.07) is 0. The smallest absolute Gasteiger partial charge is 0.414 e. The van der Waals surface area contributed by atoms with Gasteiger partial charge in [-0.1, -0.05) is 15.9 Å². The van der Waals surface area contributed by atoms with E-state index >= 15 is 0 Å². The molecule has 0 aliphatic rings. The zero-order valence-electron chi connectivity index (χ0n) is 13.4. The summed E-state index contributed by atoms with van der Waals surface area (Å²) in [7, 11) is 0. The van der Waals surface area contributed by atoms with E-state index in [0.717, 1.165) is 18.2 Å². The molecule has 0 heterocycles. The molecule has 120 valence electrons. The Morgan fingerprint density at radius 2 is 1.70 bits per heavy atom. The molecule has 0 radical (unpaired) electrons. The fourth-order valence-electron chi connectivity index (χ4n) is 1.37. The van der Waals surface area contributed by atoms with Crippen molar-refractivity contribution in [1.29, 1.82) is 0 Å².